The molecule has 1 aliphatic heterocycles. The van der Waals surface area contributed by atoms with Crippen molar-refractivity contribution in [3.05, 3.63) is 40.2 Å². The number of nitrogens with one attached hydrogen (secondary N) is 1. The highest BCUT2D eigenvalue weighted by atomic mass is 16.5. The summed E-state index contributed by atoms with van der Waals surface area (Å²) in [4.78, 5) is 12.4. The maximum atomic E-state index is 12.4. The lowest BCUT2D eigenvalue weighted by atomic mass is 10.1. The van der Waals surface area contributed by atoms with Gasteiger partial charge in [-0.1, -0.05) is 0 Å². The molecule has 2 heterocycles. The summed E-state index contributed by atoms with van der Waals surface area (Å²) in [6.45, 7) is 9.07. The summed E-state index contributed by atoms with van der Waals surface area (Å²) < 4.78 is 13.5. The molecule has 1 amide bonds. The van der Waals surface area contributed by atoms with Crippen molar-refractivity contribution >= 4 is 5.91 Å². The first-order chi connectivity index (χ1) is 12.9. The summed E-state index contributed by atoms with van der Waals surface area (Å²) in [6.07, 6.45) is 2.22. The molecule has 0 saturated carbocycles. The average molecular weight is 371 g/mol. The molecule has 1 N–H and O–H groups in total. The van der Waals surface area contributed by atoms with Crippen molar-refractivity contribution in [1.82, 2.24) is 15.1 Å². The molecule has 27 heavy (non-hydrogen) atoms. The normalized spacial score (nSPS) is 15.4. The van der Waals surface area contributed by atoms with Crippen molar-refractivity contribution in [2.24, 2.45) is 7.05 Å². The number of aryl methyl sites for hydroxylation is 2. The third-order valence-corrected chi connectivity index (χ3v) is 5.12. The second kappa shape index (κ2) is 8.03. The van der Waals surface area contributed by atoms with Crippen molar-refractivity contribution in [2.45, 2.75) is 59.6 Å². The molecule has 0 unspecified atom stereocenters. The Morgan fingerprint density at radius 1 is 1.41 bits per heavy atom. The minimum absolute atomic E-state index is 0.0230. The number of nitrogens with zero attached hydrogens (tertiary/aromatic N) is 2. The maximum Gasteiger partial charge on any atom is 0.220 e. The van der Waals surface area contributed by atoms with Crippen molar-refractivity contribution in [1.29, 1.82) is 0 Å². The molecule has 146 valence electrons. The minimum atomic E-state index is 0.0230. The van der Waals surface area contributed by atoms with Gasteiger partial charge in [-0.05, 0) is 51.8 Å². The van der Waals surface area contributed by atoms with Gasteiger partial charge in [-0.2, -0.15) is 5.10 Å². The topological polar surface area (TPSA) is 65.4 Å². The number of benzene rings is 1. The van der Waals surface area contributed by atoms with Gasteiger partial charge >= 0.3 is 0 Å². The smallest absolute Gasteiger partial charge is 0.220 e. The van der Waals surface area contributed by atoms with Crippen LogP contribution in [-0.2, 0) is 31.2 Å². The number of aromatic nitrogens is 2. The summed E-state index contributed by atoms with van der Waals surface area (Å²) in [5.41, 5.74) is 5.38. The summed E-state index contributed by atoms with van der Waals surface area (Å²) in [5, 5.41) is 7.42. The van der Waals surface area contributed by atoms with Crippen LogP contribution in [0.3, 0.4) is 0 Å². The first kappa shape index (κ1) is 19.3. The minimum Gasteiger partial charge on any atom is -0.494 e. The van der Waals surface area contributed by atoms with Crippen LogP contribution in [0, 0.1) is 13.8 Å². The van der Waals surface area contributed by atoms with Gasteiger partial charge in [-0.15, -0.1) is 0 Å². The Morgan fingerprint density at radius 2 is 2.19 bits per heavy atom. The van der Waals surface area contributed by atoms with E-state index in [-0.39, 0.29) is 12.0 Å². The molecule has 3 rings (SSSR count). The molecule has 6 nitrogen and oxygen atoms in total. The molecule has 0 radical (unpaired) electrons. The van der Waals surface area contributed by atoms with Crippen LogP contribution in [0.2, 0.25) is 0 Å². The van der Waals surface area contributed by atoms with Crippen LogP contribution in [0.25, 0.3) is 0 Å². The zero-order valence-electron chi connectivity index (χ0n) is 16.9. The fraction of sp³-hybridized carbons (Fsp3) is 0.524. The van der Waals surface area contributed by atoms with E-state index in [9.17, 15) is 4.79 Å². The number of carbonyl (C=O) groups excluding carboxylic acids is 1. The van der Waals surface area contributed by atoms with Crippen molar-refractivity contribution < 1.29 is 14.3 Å². The Hall–Kier alpha value is -2.50. The zero-order chi connectivity index (χ0) is 19.6. The van der Waals surface area contributed by atoms with Gasteiger partial charge in [0.2, 0.25) is 5.91 Å². The molecule has 0 fully saturated rings. The zero-order valence-corrected chi connectivity index (χ0v) is 16.9. The van der Waals surface area contributed by atoms with E-state index in [1.165, 1.54) is 5.56 Å². The van der Waals surface area contributed by atoms with Gasteiger partial charge < -0.3 is 14.8 Å². The quantitative estimate of drug-likeness (QED) is 0.813. The second-order valence-corrected chi connectivity index (χ2v) is 7.18. The second-order valence-electron chi connectivity index (χ2n) is 7.18. The molecular weight excluding hydrogens is 342 g/mol. The van der Waals surface area contributed by atoms with Gasteiger partial charge in [0.1, 0.15) is 17.6 Å². The molecule has 0 aliphatic carbocycles. The Balaban J connectivity index is 1.62. The largest absolute Gasteiger partial charge is 0.494 e. The average Bonchev–Trinajstić information content (AvgIpc) is 3.09. The van der Waals surface area contributed by atoms with Gasteiger partial charge in [0, 0.05) is 43.3 Å². The van der Waals surface area contributed by atoms with E-state index in [1.807, 2.05) is 44.6 Å². The highest BCUT2D eigenvalue weighted by Gasteiger charge is 2.22. The Bertz CT molecular complexity index is 842. The van der Waals surface area contributed by atoms with Gasteiger partial charge in [-0.25, -0.2) is 0 Å². The highest BCUT2D eigenvalue weighted by Crippen LogP contribution is 2.35. The van der Waals surface area contributed by atoms with Gasteiger partial charge in [0.25, 0.3) is 0 Å². The molecule has 1 aromatic carbocycles. The molecule has 6 heteroatoms. The summed E-state index contributed by atoms with van der Waals surface area (Å²) in [6, 6.07) is 4.05. The van der Waals surface area contributed by atoms with Gasteiger partial charge in [0.05, 0.1) is 12.3 Å². The summed E-state index contributed by atoms with van der Waals surface area (Å²) in [5.74, 6) is 1.75. The van der Waals surface area contributed by atoms with Crippen LogP contribution < -0.4 is 14.8 Å². The van der Waals surface area contributed by atoms with Crippen LogP contribution in [0.5, 0.6) is 11.5 Å². The van der Waals surface area contributed by atoms with Crippen molar-refractivity contribution in [3.8, 4) is 11.5 Å². The fourth-order valence-electron chi connectivity index (χ4n) is 3.61. The van der Waals surface area contributed by atoms with Crippen molar-refractivity contribution in [2.75, 3.05) is 6.61 Å². The molecule has 2 aromatic rings. The molecule has 1 aromatic heterocycles. The number of carbonyl (C=O) groups is 1. The number of fused-ring (bicyclic) bond motifs is 1. The lowest BCUT2D eigenvalue weighted by Gasteiger charge is -2.13. The first-order valence-electron chi connectivity index (χ1n) is 9.60. The predicted octanol–water partition coefficient (Wildman–Crippen LogP) is 3.01. The first-order valence-corrected chi connectivity index (χ1v) is 9.60. The molecule has 1 aliphatic rings. The van der Waals surface area contributed by atoms with Crippen LogP contribution in [0.1, 0.15) is 48.3 Å². The molecule has 0 saturated heterocycles. The number of amides is 1. The van der Waals surface area contributed by atoms with Gasteiger partial charge in [-0.3, -0.25) is 9.48 Å². The SMILES string of the molecule is CCOc1cc2c(cc1CNC(=O)CCc1c(C)nn(C)c1C)O[C@H](C)C2. The fourth-order valence-corrected chi connectivity index (χ4v) is 3.61. The third kappa shape index (κ3) is 4.26. The Kier molecular flexibility index (Phi) is 5.73. The number of hydrogen-bond donors (Lipinski definition) is 1. The molecule has 0 bridgehead atoms. The molecule has 0 spiro atoms. The predicted molar refractivity (Wildman–Crippen MR) is 104 cm³/mol. The Morgan fingerprint density at radius 3 is 2.85 bits per heavy atom. The third-order valence-electron chi connectivity index (χ3n) is 5.12. The maximum absolute atomic E-state index is 12.4. The summed E-state index contributed by atoms with van der Waals surface area (Å²) in [7, 11) is 1.93. The highest BCUT2D eigenvalue weighted by molar-refractivity contribution is 5.76. The standard InChI is InChI=1S/C21H29N3O3/c1-6-26-19-10-16-9-13(2)27-20(16)11-17(19)12-22-21(25)8-7-18-14(3)23-24(5)15(18)4/h10-11,13H,6-9,12H2,1-5H3,(H,22,25)/t13-/m1/s1. The van der Waals surface area contributed by atoms with E-state index in [0.29, 0.717) is 26.0 Å². The van der Waals surface area contributed by atoms with E-state index in [2.05, 4.69) is 17.3 Å². The molecular formula is C21H29N3O3. The van der Waals surface area contributed by atoms with Crippen LogP contribution in [0.15, 0.2) is 12.1 Å². The number of hydrogen-bond acceptors (Lipinski definition) is 4. The lowest BCUT2D eigenvalue weighted by molar-refractivity contribution is -0.121. The van der Waals surface area contributed by atoms with Crippen molar-refractivity contribution in [3.63, 3.8) is 0 Å². The van der Waals surface area contributed by atoms with E-state index in [1.54, 1.807) is 0 Å². The lowest BCUT2D eigenvalue weighted by Crippen LogP contribution is -2.23. The number of ether oxygens (including phenoxy) is 2. The van der Waals surface area contributed by atoms with Crippen LogP contribution in [0.4, 0.5) is 0 Å². The Labute approximate surface area is 160 Å². The molecule has 1 atom stereocenters. The van der Waals surface area contributed by atoms with E-state index < -0.39 is 0 Å². The summed E-state index contributed by atoms with van der Waals surface area (Å²) >= 11 is 0. The van der Waals surface area contributed by atoms with Crippen LogP contribution >= 0.6 is 0 Å². The van der Waals surface area contributed by atoms with E-state index >= 15 is 0 Å². The monoisotopic (exact) mass is 371 g/mol. The van der Waals surface area contributed by atoms with Crippen LogP contribution in [-0.4, -0.2) is 28.4 Å². The van der Waals surface area contributed by atoms with Gasteiger partial charge in [0.15, 0.2) is 0 Å². The van der Waals surface area contributed by atoms with E-state index in [4.69, 9.17) is 9.47 Å². The van der Waals surface area contributed by atoms with E-state index in [0.717, 1.165) is 40.4 Å². The number of rotatable bonds is 7.